The van der Waals surface area contributed by atoms with Crippen molar-refractivity contribution in [3.63, 3.8) is 0 Å². The first-order chi connectivity index (χ1) is 5.24. The molecule has 0 aromatic rings. The Kier molecular flexibility index (Phi) is 14.5. The van der Waals surface area contributed by atoms with Crippen LogP contribution in [-0.4, -0.2) is 0 Å². The largest absolute Gasteiger partial charge is 0.0776 e. The predicted octanol–water partition coefficient (Wildman–Crippen LogP) is 5.67. The van der Waals surface area contributed by atoms with Gasteiger partial charge in [0.15, 0.2) is 0 Å². The zero-order valence-electron chi connectivity index (χ0n) is 8.74. The van der Waals surface area contributed by atoms with Gasteiger partial charge in [-0.15, -0.1) is 0 Å². The summed E-state index contributed by atoms with van der Waals surface area (Å²) in [6.45, 7) is 9.29. The third-order valence-corrected chi connectivity index (χ3v) is 3.31. The number of unbranched alkanes of at least 4 members (excludes halogenated alkanes) is 1. The third-order valence-electron chi connectivity index (χ3n) is 3.31. The topological polar surface area (TPSA) is 0 Å². The van der Waals surface area contributed by atoms with Crippen LogP contribution in [0.15, 0.2) is 0 Å². The molecule has 0 nitrogen and oxygen atoms in total. The van der Waals surface area contributed by atoms with Crippen LogP contribution >= 0.6 is 0 Å². The summed E-state index contributed by atoms with van der Waals surface area (Å²) in [5.41, 5.74) is 0.677. The van der Waals surface area contributed by atoms with Crippen molar-refractivity contribution in [1.82, 2.24) is 0 Å². The van der Waals surface area contributed by atoms with Crippen molar-refractivity contribution in [3.05, 3.63) is 0 Å². The Bertz CT molecular complexity index is 71.8. The van der Waals surface area contributed by atoms with Crippen molar-refractivity contribution in [1.29, 1.82) is 0 Å². The minimum absolute atomic E-state index is 0. The molecule has 0 rings (SSSR count). The van der Waals surface area contributed by atoms with Gasteiger partial charge in [0.1, 0.15) is 0 Å². The van der Waals surface area contributed by atoms with Crippen molar-refractivity contribution in [2.45, 2.75) is 81.1 Å². The van der Waals surface area contributed by atoms with Crippen LogP contribution in [0.2, 0.25) is 0 Å². The molecule has 0 radical (unpaired) electrons. The second-order valence-electron chi connectivity index (χ2n) is 3.66. The standard InChI is InChI=1S/C11H24.2CH4/c1-5-9-10-11(6-2,7-3)8-4;;/h5-10H2,1-4H3;2*1H4. The fourth-order valence-corrected chi connectivity index (χ4v) is 1.83. The molecule has 0 spiro atoms. The third kappa shape index (κ3) is 6.12. The molecular formula is C13H32. The zero-order chi connectivity index (χ0) is 8.74. The lowest BCUT2D eigenvalue weighted by atomic mass is 9.76. The van der Waals surface area contributed by atoms with E-state index in [0.717, 1.165) is 0 Å². The van der Waals surface area contributed by atoms with E-state index in [9.17, 15) is 0 Å². The van der Waals surface area contributed by atoms with E-state index in [1.54, 1.807) is 0 Å². The Morgan fingerprint density at radius 1 is 0.769 bits per heavy atom. The van der Waals surface area contributed by atoms with Gasteiger partial charge >= 0.3 is 0 Å². The molecule has 0 atom stereocenters. The molecule has 0 bridgehead atoms. The SMILES string of the molecule is C.C.CCCCC(CC)(CC)CC. The lowest BCUT2D eigenvalue weighted by Crippen LogP contribution is -2.17. The van der Waals surface area contributed by atoms with Crippen molar-refractivity contribution in [2.24, 2.45) is 5.41 Å². The fraction of sp³-hybridized carbons (Fsp3) is 1.00. The second-order valence-corrected chi connectivity index (χ2v) is 3.66. The van der Waals surface area contributed by atoms with Crippen molar-refractivity contribution < 1.29 is 0 Å². The van der Waals surface area contributed by atoms with Crippen LogP contribution in [0.5, 0.6) is 0 Å². The molecule has 0 aromatic carbocycles. The van der Waals surface area contributed by atoms with E-state index in [0.29, 0.717) is 5.41 Å². The predicted molar refractivity (Wildman–Crippen MR) is 66.3 cm³/mol. The Morgan fingerprint density at radius 3 is 1.38 bits per heavy atom. The second kappa shape index (κ2) is 10.1. The van der Waals surface area contributed by atoms with Crippen LogP contribution in [-0.2, 0) is 0 Å². The van der Waals surface area contributed by atoms with Crippen LogP contribution in [0.3, 0.4) is 0 Å². The summed E-state index contributed by atoms with van der Waals surface area (Å²) in [5.74, 6) is 0. The fourth-order valence-electron chi connectivity index (χ4n) is 1.83. The van der Waals surface area contributed by atoms with Crippen molar-refractivity contribution in [2.75, 3.05) is 0 Å². The zero-order valence-corrected chi connectivity index (χ0v) is 8.74. The highest BCUT2D eigenvalue weighted by Crippen LogP contribution is 2.35. The Hall–Kier alpha value is 0. The van der Waals surface area contributed by atoms with E-state index >= 15 is 0 Å². The molecule has 0 heterocycles. The van der Waals surface area contributed by atoms with Gasteiger partial charge in [0.05, 0.1) is 0 Å². The van der Waals surface area contributed by atoms with Gasteiger partial charge < -0.3 is 0 Å². The Labute approximate surface area is 87.1 Å². The van der Waals surface area contributed by atoms with Crippen LogP contribution in [0.1, 0.15) is 81.1 Å². The molecule has 13 heavy (non-hydrogen) atoms. The maximum Gasteiger partial charge on any atom is -0.0305 e. The summed E-state index contributed by atoms with van der Waals surface area (Å²) in [5, 5.41) is 0. The molecule has 0 fully saturated rings. The van der Waals surface area contributed by atoms with Gasteiger partial charge in [0.25, 0.3) is 0 Å². The number of hydrogen-bond donors (Lipinski definition) is 0. The molecule has 0 aliphatic heterocycles. The van der Waals surface area contributed by atoms with Crippen LogP contribution in [0.4, 0.5) is 0 Å². The van der Waals surface area contributed by atoms with Crippen LogP contribution in [0, 0.1) is 5.41 Å². The summed E-state index contributed by atoms with van der Waals surface area (Å²) < 4.78 is 0. The van der Waals surface area contributed by atoms with Gasteiger partial charge in [-0.3, -0.25) is 0 Å². The van der Waals surface area contributed by atoms with E-state index in [2.05, 4.69) is 27.7 Å². The maximum absolute atomic E-state index is 2.34. The van der Waals surface area contributed by atoms with Gasteiger partial charge in [-0.2, -0.15) is 0 Å². The molecule has 84 valence electrons. The Balaban J connectivity index is -0.000000500. The summed E-state index contributed by atoms with van der Waals surface area (Å²) in [4.78, 5) is 0. The highest BCUT2D eigenvalue weighted by atomic mass is 14.3. The smallest absolute Gasteiger partial charge is 0.0305 e. The lowest BCUT2D eigenvalue weighted by Gasteiger charge is -2.30. The molecule has 0 N–H and O–H groups in total. The highest BCUT2D eigenvalue weighted by Gasteiger charge is 2.22. The first-order valence-corrected chi connectivity index (χ1v) is 5.24. The summed E-state index contributed by atoms with van der Waals surface area (Å²) in [6.07, 6.45) is 8.28. The Morgan fingerprint density at radius 2 is 1.15 bits per heavy atom. The molecule has 0 aromatic heterocycles. The molecule has 0 aliphatic carbocycles. The van der Waals surface area contributed by atoms with E-state index in [4.69, 9.17) is 0 Å². The summed E-state index contributed by atoms with van der Waals surface area (Å²) >= 11 is 0. The van der Waals surface area contributed by atoms with Gasteiger partial charge in [-0.25, -0.2) is 0 Å². The molecule has 0 saturated heterocycles. The van der Waals surface area contributed by atoms with Gasteiger partial charge in [0, 0.05) is 0 Å². The number of hydrogen-bond acceptors (Lipinski definition) is 0. The van der Waals surface area contributed by atoms with Crippen molar-refractivity contribution >= 4 is 0 Å². The van der Waals surface area contributed by atoms with Gasteiger partial charge in [0.2, 0.25) is 0 Å². The lowest BCUT2D eigenvalue weighted by molar-refractivity contribution is 0.222. The van der Waals surface area contributed by atoms with E-state index in [1.807, 2.05) is 0 Å². The molecule has 0 amide bonds. The first-order valence-electron chi connectivity index (χ1n) is 5.24. The van der Waals surface area contributed by atoms with Crippen molar-refractivity contribution in [3.8, 4) is 0 Å². The quantitative estimate of drug-likeness (QED) is 0.504. The monoisotopic (exact) mass is 188 g/mol. The summed E-state index contributed by atoms with van der Waals surface area (Å²) in [7, 11) is 0. The molecule has 0 aliphatic rings. The normalized spacial score (nSPS) is 10.2. The minimum Gasteiger partial charge on any atom is -0.0776 e. The average Bonchev–Trinajstić information content (AvgIpc) is 2.08. The van der Waals surface area contributed by atoms with Crippen LogP contribution < -0.4 is 0 Å². The molecule has 0 unspecified atom stereocenters. The number of rotatable bonds is 6. The summed E-state index contributed by atoms with van der Waals surface area (Å²) in [6, 6.07) is 0. The van der Waals surface area contributed by atoms with E-state index in [1.165, 1.54) is 38.5 Å². The minimum atomic E-state index is 0. The van der Waals surface area contributed by atoms with Crippen LogP contribution in [0.25, 0.3) is 0 Å². The first kappa shape index (κ1) is 18.7. The molecular weight excluding hydrogens is 156 g/mol. The average molecular weight is 188 g/mol. The van der Waals surface area contributed by atoms with Gasteiger partial charge in [-0.05, 0) is 11.8 Å². The molecule has 0 heteroatoms. The molecule has 0 saturated carbocycles. The van der Waals surface area contributed by atoms with Gasteiger partial charge in [-0.1, -0.05) is 74.7 Å². The van der Waals surface area contributed by atoms with E-state index < -0.39 is 0 Å². The van der Waals surface area contributed by atoms with E-state index in [-0.39, 0.29) is 14.9 Å². The maximum atomic E-state index is 2.34. The highest BCUT2D eigenvalue weighted by molar-refractivity contribution is 4.74.